The molecule has 0 aliphatic heterocycles. The second-order valence-corrected chi connectivity index (χ2v) is 2.16. The summed E-state index contributed by atoms with van der Waals surface area (Å²) in [5.74, 6) is 0. The van der Waals surface area contributed by atoms with Crippen molar-refractivity contribution in [3.8, 4) is 0 Å². The van der Waals surface area contributed by atoms with E-state index < -0.39 is 0 Å². The smallest absolute Gasteiger partial charge is 0.256 e. The molecule has 0 unspecified atom stereocenters. The maximum absolute atomic E-state index is 4.70. The van der Waals surface area contributed by atoms with E-state index >= 15 is 0 Å². The van der Waals surface area contributed by atoms with E-state index in [0.717, 1.165) is 0 Å². The molecule has 0 saturated carbocycles. The number of hydrogen-bond donors (Lipinski definition) is 1. The Balaban J connectivity index is 3.25. The van der Waals surface area contributed by atoms with Crippen molar-refractivity contribution < 1.29 is 4.74 Å². The molecule has 2 nitrogen and oxygen atoms in total. The quantitative estimate of drug-likeness (QED) is 0.537. The van der Waals surface area contributed by atoms with Gasteiger partial charge in [-0.2, -0.15) is 0 Å². The van der Waals surface area contributed by atoms with Gasteiger partial charge in [0.25, 0.3) is 5.17 Å². The lowest BCUT2D eigenvalue weighted by Crippen LogP contribution is -2.29. The Morgan fingerprint density at radius 2 is 2.12 bits per heavy atom. The van der Waals surface area contributed by atoms with E-state index in [0.29, 0.717) is 11.2 Å². The highest BCUT2D eigenvalue weighted by molar-refractivity contribution is 7.80. The van der Waals surface area contributed by atoms with E-state index in [1.807, 2.05) is 13.8 Å². The third kappa shape index (κ3) is 3.87. The van der Waals surface area contributed by atoms with Crippen LogP contribution in [0.25, 0.3) is 0 Å². The summed E-state index contributed by atoms with van der Waals surface area (Å²) in [6.07, 6.45) is 0. The first-order valence-corrected chi connectivity index (χ1v) is 2.92. The van der Waals surface area contributed by atoms with Gasteiger partial charge in [-0.25, -0.2) is 0 Å². The van der Waals surface area contributed by atoms with Gasteiger partial charge in [-0.1, -0.05) is 0 Å². The number of ether oxygens (including phenoxy) is 1. The maximum Gasteiger partial charge on any atom is 0.256 e. The minimum Gasteiger partial charge on any atom is -0.474 e. The predicted octanol–water partition coefficient (Wildman–Crippen LogP) is 0.916. The van der Waals surface area contributed by atoms with Crippen molar-refractivity contribution in [1.82, 2.24) is 5.32 Å². The fourth-order valence-electron chi connectivity index (χ4n) is 0.295. The minimum absolute atomic E-state index is 0.363. The highest BCUT2D eigenvalue weighted by Gasteiger charge is 1.93. The van der Waals surface area contributed by atoms with Crippen molar-refractivity contribution in [3.05, 3.63) is 0 Å². The van der Waals surface area contributed by atoms with E-state index in [9.17, 15) is 0 Å². The lowest BCUT2D eigenvalue weighted by molar-refractivity contribution is 0.387. The van der Waals surface area contributed by atoms with Crippen molar-refractivity contribution in [1.29, 1.82) is 0 Å². The molecule has 0 spiro atoms. The second kappa shape index (κ2) is 3.66. The van der Waals surface area contributed by atoms with Gasteiger partial charge in [-0.15, -0.1) is 0 Å². The molecule has 0 atom stereocenters. The molecule has 0 heterocycles. The van der Waals surface area contributed by atoms with Crippen LogP contribution in [0.5, 0.6) is 0 Å². The van der Waals surface area contributed by atoms with E-state index in [4.69, 9.17) is 12.2 Å². The summed E-state index contributed by atoms with van der Waals surface area (Å²) < 4.78 is 4.68. The molecule has 0 amide bonds. The Morgan fingerprint density at radius 1 is 1.62 bits per heavy atom. The van der Waals surface area contributed by atoms with Crippen LogP contribution in [0, 0.1) is 0 Å². The first-order chi connectivity index (χ1) is 3.66. The Kier molecular flexibility index (Phi) is 3.52. The molecule has 0 aromatic carbocycles. The van der Waals surface area contributed by atoms with Crippen molar-refractivity contribution >= 4 is 17.4 Å². The molecule has 0 aliphatic carbocycles. The lowest BCUT2D eigenvalue weighted by Gasteiger charge is -2.07. The standard InChI is InChI=1S/C5H11NOS/c1-4(2)6-5(8)7-3/h4H,1-3H3,(H,6,8). The van der Waals surface area contributed by atoms with Crippen LogP contribution in [0.4, 0.5) is 0 Å². The molecular weight excluding hydrogens is 122 g/mol. The first-order valence-electron chi connectivity index (χ1n) is 2.51. The van der Waals surface area contributed by atoms with E-state index in [2.05, 4.69) is 10.1 Å². The Morgan fingerprint density at radius 3 is 2.25 bits per heavy atom. The molecule has 3 heteroatoms. The summed E-state index contributed by atoms with van der Waals surface area (Å²) >= 11 is 4.70. The van der Waals surface area contributed by atoms with Crippen molar-refractivity contribution in [2.45, 2.75) is 19.9 Å². The summed E-state index contributed by atoms with van der Waals surface area (Å²) in [7, 11) is 1.55. The van der Waals surface area contributed by atoms with Crippen molar-refractivity contribution in [2.24, 2.45) is 0 Å². The van der Waals surface area contributed by atoms with Crippen LogP contribution in [0.3, 0.4) is 0 Å². The van der Waals surface area contributed by atoms with Crippen LogP contribution < -0.4 is 5.32 Å². The third-order valence-corrected chi connectivity index (χ3v) is 0.876. The number of hydrogen-bond acceptors (Lipinski definition) is 2. The van der Waals surface area contributed by atoms with Crippen molar-refractivity contribution in [2.75, 3.05) is 7.11 Å². The van der Waals surface area contributed by atoms with Gasteiger partial charge in [0, 0.05) is 6.04 Å². The van der Waals surface area contributed by atoms with Crippen molar-refractivity contribution in [3.63, 3.8) is 0 Å². The summed E-state index contributed by atoms with van der Waals surface area (Å²) in [6.45, 7) is 4.01. The van der Waals surface area contributed by atoms with Crippen LogP contribution in [0.15, 0.2) is 0 Å². The van der Waals surface area contributed by atoms with Crippen LogP contribution in [0.1, 0.15) is 13.8 Å². The summed E-state index contributed by atoms with van der Waals surface area (Å²) in [5.41, 5.74) is 0. The predicted molar refractivity (Wildman–Crippen MR) is 37.9 cm³/mol. The summed E-state index contributed by atoms with van der Waals surface area (Å²) in [6, 6.07) is 0.363. The zero-order valence-corrected chi connectivity index (χ0v) is 6.21. The molecule has 1 N–H and O–H groups in total. The van der Waals surface area contributed by atoms with Gasteiger partial charge in [-0.3, -0.25) is 0 Å². The molecule has 8 heavy (non-hydrogen) atoms. The Hall–Kier alpha value is -0.310. The molecule has 0 saturated heterocycles. The fourth-order valence-corrected chi connectivity index (χ4v) is 0.530. The Labute approximate surface area is 55.2 Å². The summed E-state index contributed by atoms with van der Waals surface area (Å²) in [5, 5.41) is 3.36. The average molecular weight is 133 g/mol. The van der Waals surface area contributed by atoms with E-state index in [-0.39, 0.29) is 0 Å². The van der Waals surface area contributed by atoms with Gasteiger partial charge in [0.15, 0.2) is 0 Å². The van der Waals surface area contributed by atoms with Gasteiger partial charge in [0.2, 0.25) is 0 Å². The normalized spacial score (nSPS) is 9.00. The molecule has 0 aliphatic rings. The zero-order chi connectivity index (χ0) is 6.57. The third-order valence-electron chi connectivity index (χ3n) is 0.592. The highest BCUT2D eigenvalue weighted by Crippen LogP contribution is 1.78. The van der Waals surface area contributed by atoms with Gasteiger partial charge in [0.05, 0.1) is 7.11 Å². The number of rotatable bonds is 1. The van der Waals surface area contributed by atoms with Crippen LogP contribution in [-0.4, -0.2) is 18.3 Å². The number of methoxy groups -OCH3 is 1. The molecule has 0 rings (SSSR count). The fraction of sp³-hybridized carbons (Fsp3) is 0.800. The van der Waals surface area contributed by atoms with Gasteiger partial charge in [0.1, 0.15) is 0 Å². The van der Waals surface area contributed by atoms with Gasteiger partial charge < -0.3 is 10.1 Å². The molecule has 0 fully saturated rings. The van der Waals surface area contributed by atoms with Gasteiger partial charge >= 0.3 is 0 Å². The second-order valence-electron chi connectivity index (χ2n) is 1.79. The molecule has 0 bridgehead atoms. The first kappa shape index (κ1) is 7.69. The van der Waals surface area contributed by atoms with E-state index in [1.54, 1.807) is 7.11 Å². The monoisotopic (exact) mass is 133 g/mol. The zero-order valence-electron chi connectivity index (χ0n) is 5.39. The SMILES string of the molecule is COC(=S)NC(C)C. The molecule has 48 valence electrons. The molecule has 0 aromatic rings. The Bertz CT molecular complexity index is 82.5. The molecule has 0 radical (unpaired) electrons. The summed E-state index contributed by atoms with van der Waals surface area (Å²) in [4.78, 5) is 0. The van der Waals surface area contributed by atoms with Crippen LogP contribution in [-0.2, 0) is 4.74 Å². The average Bonchev–Trinajstić information content (AvgIpc) is 1.65. The largest absolute Gasteiger partial charge is 0.474 e. The number of nitrogens with one attached hydrogen (secondary N) is 1. The van der Waals surface area contributed by atoms with Gasteiger partial charge in [-0.05, 0) is 26.1 Å². The maximum atomic E-state index is 4.70. The minimum atomic E-state index is 0.363. The van der Waals surface area contributed by atoms with Crippen LogP contribution >= 0.6 is 12.2 Å². The molecule has 0 aromatic heterocycles. The highest BCUT2D eigenvalue weighted by atomic mass is 32.1. The molecular formula is C5H11NOS. The van der Waals surface area contributed by atoms with E-state index in [1.165, 1.54) is 0 Å². The number of thiocarbonyl (C=S) groups is 1. The van der Waals surface area contributed by atoms with Crippen LogP contribution in [0.2, 0.25) is 0 Å². The topological polar surface area (TPSA) is 21.3 Å². The lowest BCUT2D eigenvalue weighted by atomic mass is 10.4.